The van der Waals surface area contributed by atoms with Crippen LogP contribution < -0.4 is 18.9 Å². The number of hydrogen-bond donors (Lipinski definition) is 0. The van der Waals surface area contributed by atoms with Crippen molar-refractivity contribution >= 4 is 35.1 Å². The molecule has 6 rings (SSSR count). The first-order chi connectivity index (χ1) is 28.5. The lowest BCUT2D eigenvalue weighted by atomic mass is 9.89. The summed E-state index contributed by atoms with van der Waals surface area (Å²) in [6.07, 6.45) is -1.06. The van der Waals surface area contributed by atoms with Gasteiger partial charge in [-0.2, -0.15) is 0 Å². The zero-order valence-electron chi connectivity index (χ0n) is 31.8. The lowest BCUT2D eigenvalue weighted by Crippen LogP contribution is -2.31. The molecule has 58 heavy (non-hydrogen) atoms. The monoisotopic (exact) mass is 818 g/mol. The summed E-state index contributed by atoms with van der Waals surface area (Å²) in [6, 6.07) is 50.9. The molecule has 0 saturated heterocycles. The lowest BCUT2D eigenvalue weighted by molar-refractivity contribution is -0.152. The highest BCUT2D eigenvalue weighted by molar-refractivity contribution is 6.19. The molecule has 10 heteroatoms. The minimum atomic E-state index is -0.629. The van der Waals surface area contributed by atoms with Gasteiger partial charge in [-0.1, -0.05) is 109 Å². The maximum Gasteiger partial charge on any atom is 0.307 e. The van der Waals surface area contributed by atoms with Crippen molar-refractivity contribution < 1.29 is 38.0 Å². The summed E-state index contributed by atoms with van der Waals surface area (Å²) in [6.45, 7) is 0.491. The highest BCUT2D eigenvalue weighted by atomic mass is 35.5. The van der Waals surface area contributed by atoms with E-state index in [2.05, 4.69) is 24.3 Å². The van der Waals surface area contributed by atoms with E-state index < -0.39 is 24.1 Å². The third-order valence-corrected chi connectivity index (χ3v) is 9.28. The number of carbonyl (C=O) groups is 2. The van der Waals surface area contributed by atoms with E-state index in [0.29, 0.717) is 23.0 Å². The SMILES string of the molecule is O=C(CCCl)OC(COc1ccccc1)COc1ccc(-c2ccccc2-c2ccccc2-c2ccc(OCC(COc3ccccc3)OC(=O)CCCl)cc2)cc1. The van der Waals surface area contributed by atoms with E-state index >= 15 is 0 Å². The predicted octanol–water partition coefficient (Wildman–Crippen LogP) is 10.7. The van der Waals surface area contributed by atoms with Crippen molar-refractivity contribution in [2.45, 2.75) is 25.0 Å². The second-order valence-corrected chi connectivity index (χ2v) is 13.9. The number of alkyl halides is 2. The van der Waals surface area contributed by atoms with Crippen LogP contribution in [0.15, 0.2) is 158 Å². The van der Waals surface area contributed by atoms with E-state index in [9.17, 15) is 9.59 Å². The maximum atomic E-state index is 12.3. The van der Waals surface area contributed by atoms with Crippen molar-refractivity contribution in [1.29, 1.82) is 0 Å². The lowest BCUT2D eigenvalue weighted by Gasteiger charge is -2.19. The molecule has 0 aliphatic rings. The molecule has 0 N–H and O–H groups in total. The minimum Gasteiger partial charge on any atom is -0.490 e. The normalized spacial score (nSPS) is 11.8. The van der Waals surface area contributed by atoms with E-state index in [1.807, 2.05) is 133 Å². The number of para-hydroxylation sites is 2. The van der Waals surface area contributed by atoms with Crippen LogP contribution in [0.4, 0.5) is 0 Å². The van der Waals surface area contributed by atoms with Gasteiger partial charge in [-0.3, -0.25) is 9.59 Å². The van der Waals surface area contributed by atoms with Crippen LogP contribution in [-0.2, 0) is 19.1 Å². The average Bonchev–Trinajstić information content (AvgIpc) is 3.27. The van der Waals surface area contributed by atoms with Crippen molar-refractivity contribution in [3.05, 3.63) is 158 Å². The first kappa shape index (κ1) is 41.7. The van der Waals surface area contributed by atoms with Crippen LogP contribution in [0.1, 0.15) is 12.8 Å². The van der Waals surface area contributed by atoms with Crippen LogP contribution in [0, 0.1) is 0 Å². The van der Waals surface area contributed by atoms with Crippen molar-refractivity contribution in [2.24, 2.45) is 0 Å². The molecular formula is C48H44Cl2O8. The summed E-state index contributed by atoms with van der Waals surface area (Å²) >= 11 is 11.5. The van der Waals surface area contributed by atoms with Gasteiger partial charge in [0.25, 0.3) is 0 Å². The second kappa shape index (κ2) is 22.1. The molecule has 0 aliphatic heterocycles. The second-order valence-electron chi connectivity index (χ2n) is 13.1. The van der Waals surface area contributed by atoms with Crippen LogP contribution in [-0.4, -0.2) is 62.3 Å². The number of ether oxygens (including phenoxy) is 6. The van der Waals surface area contributed by atoms with E-state index in [4.69, 9.17) is 51.6 Å². The summed E-state index contributed by atoms with van der Waals surface area (Å²) in [4.78, 5) is 24.5. The minimum absolute atomic E-state index is 0.100. The van der Waals surface area contributed by atoms with Gasteiger partial charge in [0.05, 0.1) is 12.8 Å². The number of esters is 2. The molecule has 2 unspecified atom stereocenters. The number of halogens is 2. The van der Waals surface area contributed by atoms with E-state index in [1.54, 1.807) is 0 Å². The van der Waals surface area contributed by atoms with Crippen molar-refractivity contribution in [2.75, 3.05) is 38.2 Å². The summed E-state index contributed by atoms with van der Waals surface area (Å²) in [7, 11) is 0. The van der Waals surface area contributed by atoms with Gasteiger partial charge in [0.15, 0.2) is 12.2 Å². The van der Waals surface area contributed by atoms with Crippen LogP contribution in [0.5, 0.6) is 23.0 Å². The molecule has 6 aromatic carbocycles. The van der Waals surface area contributed by atoms with Gasteiger partial charge in [-0.15, -0.1) is 23.2 Å². The maximum absolute atomic E-state index is 12.3. The number of rotatable bonds is 21. The van der Waals surface area contributed by atoms with Gasteiger partial charge < -0.3 is 28.4 Å². The zero-order valence-corrected chi connectivity index (χ0v) is 33.4. The Bertz CT molecular complexity index is 2010. The third kappa shape index (κ3) is 12.5. The molecule has 0 fully saturated rings. The first-order valence-electron chi connectivity index (χ1n) is 19.0. The first-order valence-corrected chi connectivity index (χ1v) is 20.1. The van der Waals surface area contributed by atoms with Crippen molar-refractivity contribution in [1.82, 2.24) is 0 Å². The Kier molecular flexibility index (Phi) is 15.9. The zero-order chi connectivity index (χ0) is 40.4. The molecule has 8 nitrogen and oxygen atoms in total. The van der Waals surface area contributed by atoms with Crippen LogP contribution in [0.25, 0.3) is 33.4 Å². The molecule has 0 amide bonds. The predicted molar refractivity (Wildman–Crippen MR) is 228 cm³/mol. The largest absolute Gasteiger partial charge is 0.490 e. The van der Waals surface area contributed by atoms with Crippen molar-refractivity contribution in [3.8, 4) is 56.4 Å². The molecule has 0 aliphatic carbocycles. The number of hydrogen-bond acceptors (Lipinski definition) is 8. The molecule has 0 bridgehead atoms. The molecule has 0 spiro atoms. The molecule has 0 heterocycles. The van der Waals surface area contributed by atoms with Gasteiger partial charge in [0.1, 0.15) is 49.4 Å². The fraction of sp³-hybridized carbons (Fsp3) is 0.208. The third-order valence-electron chi connectivity index (χ3n) is 8.90. The fourth-order valence-electron chi connectivity index (χ4n) is 6.07. The molecule has 0 aromatic heterocycles. The summed E-state index contributed by atoms with van der Waals surface area (Å²) in [5.41, 5.74) is 6.26. The Morgan fingerprint density at radius 1 is 0.379 bits per heavy atom. The Hall–Kier alpha value is -5.96. The highest BCUT2D eigenvalue weighted by Crippen LogP contribution is 2.39. The van der Waals surface area contributed by atoms with E-state index in [0.717, 1.165) is 33.4 Å². The summed E-state index contributed by atoms with van der Waals surface area (Å²) in [5, 5.41) is 0. The van der Waals surface area contributed by atoms with Crippen LogP contribution in [0.2, 0.25) is 0 Å². The van der Waals surface area contributed by atoms with Crippen LogP contribution in [0.3, 0.4) is 0 Å². The Balaban J connectivity index is 1.12. The molecule has 0 radical (unpaired) electrons. The Labute approximate surface area is 349 Å². The average molecular weight is 820 g/mol. The van der Waals surface area contributed by atoms with Crippen LogP contribution >= 0.6 is 23.2 Å². The van der Waals surface area contributed by atoms with Gasteiger partial charge in [-0.05, 0) is 81.9 Å². The Morgan fingerprint density at radius 2 is 0.672 bits per heavy atom. The standard InChI is InChI=1S/C48H44Cl2O8/c49-29-27-47(51)57-41(31-53-37-11-3-1-4-12-37)33-55-39-23-19-35(20-24-39)43-15-7-9-17-45(43)46-18-10-8-16-44(46)36-21-25-40(26-22-36)56-34-42(58-48(52)28-30-50)32-54-38-13-5-2-6-14-38/h1-26,41-42H,27-34H2. The smallest absolute Gasteiger partial charge is 0.307 e. The Morgan fingerprint density at radius 3 is 1.00 bits per heavy atom. The molecule has 2 atom stereocenters. The van der Waals surface area contributed by atoms with Gasteiger partial charge in [0, 0.05) is 11.8 Å². The highest BCUT2D eigenvalue weighted by Gasteiger charge is 2.19. The summed E-state index contributed by atoms with van der Waals surface area (Å²) < 4.78 is 35.1. The van der Waals surface area contributed by atoms with E-state index in [-0.39, 0.29) is 51.0 Å². The molecule has 298 valence electrons. The fourth-order valence-corrected chi connectivity index (χ4v) is 6.38. The van der Waals surface area contributed by atoms with E-state index in [1.165, 1.54) is 0 Å². The summed E-state index contributed by atoms with van der Waals surface area (Å²) in [5.74, 6) is 2.13. The quantitative estimate of drug-likeness (QED) is 0.0524. The van der Waals surface area contributed by atoms with Gasteiger partial charge in [0.2, 0.25) is 0 Å². The topological polar surface area (TPSA) is 89.5 Å². The number of benzene rings is 6. The molecule has 0 saturated carbocycles. The van der Waals surface area contributed by atoms with Crippen molar-refractivity contribution in [3.63, 3.8) is 0 Å². The molecule has 6 aromatic rings. The van der Waals surface area contributed by atoms with Gasteiger partial charge in [-0.25, -0.2) is 0 Å². The number of carbonyl (C=O) groups excluding carboxylic acids is 2. The van der Waals surface area contributed by atoms with Gasteiger partial charge >= 0.3 is 11.9 Å². The molecular weight excluding hydrogens is 775 g/mol.